The van der Waals surface area contributed by atoms with Crippen LogP contribution in [-0.4, -0.2) is 49.1 Å². The van der Waals surface area contributed by atoms with Gasteiger partial charge in [0.15, 0.2) is 0 Å². The van der Waals surface area contributed by atoms with Crippen molar-refractivity contribution in [1.82, 2.24) is 15.0 Å². The molecule has 0 amide bonds. The zero-order valence-corrected chi connectivity index (χ0v) is 10.2. The summed E-state index contributed by atoms with van der Waals surface area (Å²) >= 11 is 0. The van der Waals surface area contributed by atoms with Gasteiger partial charge in [0.05, 0.1) is 18.0 Å². The summed E-state index contributed by atoms with van der Waals surface area (Å²) in [5.41, 5.74) is 6.12. The normalized spacial score (nSPS) is 16.0. The molecule has 0 fully saturated rings. The Morgan fingerprint density at radius 1 is 1.16 bits per heavy atom. The number of hydrogen-bond donors (Lipinski definition) is 4. The summed E-state index contributed by atoms with van der Waals surface area (Å²) in [5.74, 6) is 0. The number of rotatable bonds is 5. The van der Waals surface area contributed by atoms with Crippen LogP contribution in [-0.2, 0) is 0 Å². The van der Waals surface area contributed by atoms with Crippen LogP contribution in [0.1, 0.15) is 11.8 Å². The van der Waals surface area contributed by atoms with Gasteiger partial charge in [-0.25, -0.2) is 0 Å². The van der Waals surface area contributed by atoms with Crippen molar-refractivity contribution in [2.45, 2.75) is 18.3 Å². The maximum absolute atomic E-state index is 9.87. The van der Waals surface area contributed by atoms with E-state index in [9.17, 15) is 15.3 Å². The van der Waals surface area contributed by atoms with Gasteiger partial charge >= 0.3 is 0 Å². The van der Waals surface area contributed by atoms with Crippen LogP contribution in [0.15, 0.2) is 36.5 Å². The quantitative estimate of drug-likeness (QED) is 0.549. The van der Waals surface area contributed by atoms with Crippen molar-refractivity contribution >= 4 is 0 Å². The minimum atomic E-state index is -1.40. The van der Waals surface area contributed by atoms with Crippen molar-refractivity contribution in [3.8, 4) is 5.69 Å². The summed E-state index contributed by atoms with van der Waals surface area (Å²) < 4.78 is 0. The highest BCUT2D eigenvalue weighted by Gasteiger charge is 2.27. The maximum Gasteiger partial charge on any atom is 0.128 e. The largest absolute Gasteiger partial charge is 0.389 e. The molecule has 0 saturated heterocycles. The standard InChI is InChI=1S/C12H16N4O3/c13-6-10(17)12(19)11(18)9-7-14-16(15-9)8-4-2-1-3-5-8/h1-5,7,10-12,17-19H,6,13H2/t10-,11-,12+/m0/s1. The highest BCUT2D eigenvalue weighted by Crippen LogP contribution is 2.17. The van der Waals surface area contributed by atoms with Gasteiger partial charge in [0.2, 0.25) is 0 Å². The third-order valence-corrected chi connectivity index (χ3v) is 2.76. The van der Waals surface area contributed by atoms with E-state index in [0.29, 0.717) is 0 Å². The lowest BCUT2D eigenvalue weighted by Crippen LogP contribution is -2.37. The summed E-state index contributed by atoms with van der Waals surface area (Å²) in [7, 11) is 0. The molecule has 0 saturated carbocycles. The van der Waals surface area contributed by atoms with Gasteiger partial charge in [-0.15, -0.1) is 0 Å². The molecule has 2 aromatic rings. The molecule has 0 spiro atoms. The Morgan fingerprint density at radius 3 is 2.47 bits per heavy atom. The molecule has 19 heavy (non-hydrogen) atoms. The van der Waals surface area contributed by atoms with E-state index >= 15 is 0 Å². The molecule has 2 rings (SSSR count). The zero-order chi connectivity index (χ0) is 13.8. The van der Waals surface area contributed by atoms with Crippen molar-refractivity contribution in [1.29, 1.82) is 0 Å². The Balaban J connectivity index is 2.17. The molecular weight excluding hydrogens is 248 g/mol. The van der Waals surface area contributed by atoms with Crippen LogP contribution in [0, 0.1) is 0 Å². The number of para-hydroxylation sites is 1. The monoisotopic (exact) mass is 264 g/mol. The van der Waals surface area contributed by atoms with E-state index < -0.39 is 18.3 Å². The van der Waals surface area contributed by atoms with Gasteiger partial charge in [-0.05, 0) is 12.1 Å². The highest BCUT2D eigenvalue weighted by atomic mass is 16.4. The number of nitrogens with zero attached hydrogens (tertiary/aromatic N) is 3. The first-order valence-corrected chi connectivity index (χ1v) is 5.85. The summed E-state index contributed by atoms with van der Waals surface area (Å²) in [6, 6.07) is 9.15. The molecule has 0 aliphatic rings. The van der Waals surface area contributed by atoms with Crippen molar-refractivity contribution < 1.29 is 15.3 Å². The third-order valence-electron chi connectivity index (χ3n) is 2.76. The number of hydrogen-bond acceptors (Lipinski definition) is 6. The van der Waals surface area contributed by atoms with E-state index in [1.54, 1.807) is 12.1 Å². The van der Waals surface area contributed by atoms with Crippen LogP contribution < -0.4 is 5.73 Å². The Kier molecular flexibility index (Phi) is 4.23. The lowest BCUT2D eigenvalue weighted by atomic mass is 10.1. The molecule has 7 heteroatoms. The van der Waals surface area contributed by atoms with Gasteiger partial charge in [-0.3, -0.25) is 0 Å². The average molecular weight is 264 g/mol. The summed E-state index contributed by atoms with van der Waals surface area (Å²) in [6.45, 7) is -0.148. The second-order valence-electron chi connectivity index (χ2n) is 4.13. The second kappa shape index (κ2) is 5.89. The fraction of sp³-hybridized carbons (Fsp3) is 0.333. The van der Waals surface area contributed by atoms with Crippen molar-refractivity contribution in [2.24, 2.45) is 5.73 Å². The van der Waals surface area contributed by atoms with E-state index in [0.717, 1.165) is 5.69 Å². The predicted octanol–water partition coefficient (Wildman–Crippen LogP) is -1.02. The van der Waals surface area contributed by atoms with Gasteiger partial charge < -0.3 is 21.1 Å². The fourth-order valence-electron chi connectivity index (χ4n) is 1.62. The van der Waals surface area contributed by atoms with Crippen LogP contribution in [0.2, 0.25) is 0 Å². The van der Waals surface area contributed by atoms with Crippen molar-refractivity contribution in [2.75, 3.05) is 6.54 Å². The lowest BCUT2D eigenvalue weighted by molar-refractivity contribution is -0.0582. The lowest BCUT2D eigenvalue weighted by Gasteiger charge is -2.19. The number of benzene rings is 1. The molecule has 3 atom stereocenters. The van der Waals surface area contributed by atoms with Gasteiger partial charge in [-0.1, -0.05) is 18.2 Å². The molecule has 0 unspecified atom stereocenters. The van der Waals surface area contributed by atoms with Crippen LogP contribution in [0.4, 0.5) is 0 Å². The fourth-order valence-corrected chi connectivity index (χ4v) is 1.62. The van der Waals surface area contributed by atoms with Crippen molar-refractivity contribution in [3.63, 3.8) is 0 Å². The predicted molar refractivity (Wildman–Crippen MR) is 67.4 cm³/mol. The first kappa shape index (κ1) is 13.6. The van der Waals surface area contributed by atoms with Crippen LogP contribution in [0.5, 0.6) is 0 Å². The number of aliphatic hydroxyl groups excluding tert-OH is 3. The van der Waals surface area contributed by atoms with E-state index in [4.69, 9.17) is 5.73 Å². The van der Waals surface area contributed by atoms with Crippen LogP contribution >= 0.6 is 0 Å². The van der Waals surface area contributed by atoms with E-state index in [1.165, 1.54) is 11.0 Å². The average Bonchev–Trinajstić information content (AvgIpc) is 2.95. The van der Waals surface area contributed by atoms with Gasteiger partial charge in [0, 0.05) is 6.54 Å². The number of aliphatic hydroxyl groups is 3. The first-order chi connectivity index (χ1) is 9.13. The smallest absolute Gasteiger partial charge is 0.128 e. The molecule has 102 valence electrons. The Hall–Kier alpha value is -1.80. The summed E-state index contributed by atoms with van der Waals surface area (Å²) in [4.78, 5) is 1.33. The third kappa shape index (κ3) is 2.96. The molecule has 1 heterocycles. The summed E-state index contributed by atoms with van der Waals surface area (Å²) in [5, 5.41) is 37.0. The Morgan fingerprint density at radius 2 is 1.84 bits per heavy atom. The Bertz CT molecular complexity index is 517. The van der Waals surface area contributed by atoms with Gasteiger partial charge in [0.25, 0.3) is 0 Å². The molecule has 0 bridgehead atoms. The number of aromatic nitrogens is 3. The molecule has 1 aromatic heterocycles. The Labute approximate surface area is 109 Å². The minimum absolute atomic E-state index is 0.148. The van der Waals surface area contributed by atoms with Gasteiger partial charge in [0.1, 0.15) is 17.9 Å². The first-order valence-electron chi connectivity index (χ1n) is 5.85. The molecule has 7 nitrogen and oxygen atoms in total. The minimum Gasteiger partial charge on any atom is -0.389 e. The highest BCUT2D eigenvalue weighted by molar-refractivity contribution is 5.28. The van der Waals surface area contributed by atoms with Crippen LogP contribution in [0.3, 0.4) is 0 Å². The van der Waals surface area contributed by atoms with Crippen molar-refractivity contribution in [3.05, 3.63) is 42.2 Å². The maximum atomic E-state index is 9.87. The molecule has 1 aromatic carbocycles. The molecular formula is C12H16N4O3. The number of nitrogens with two attached hydrogens (primary N) is 1. The second-order valence-corrected chi connectivity index (χ2v) is 4.13. The molecule has 0 radical (unpaired) electrons. The van der Waals surface area contributed by atoms with Gasteiger partial charge in [-0.2, -0.15) is 15.0 Å². The van der Waals surface area contributed by atoms with E-state index in [1.807, 2.05) is 18.2 Å². The van der Waals surface area contributed by atoms with E-state index in [-0.39, 0.29) is 12.2 Å². The van der Waals surface area contributed by atoms with Crippen LogP contribution in [0.25, 0.3) is 5.69 Å². The van der Waals surface area contributed by atoms with E-state index in [2.05, 4.69) is 10.2 Å². The molecule has 0 aliphatic carbocycles. The summed E-state index contributed by atoms with van der Waals surface area (Å²) in [6.07, 6.45) is -2.61. The molecule has 5 N–H and O–H groups in total. The topological polar surface area (TPSA) is 117 Å². The SMILES string of the molecule is NC[C@H](O)[C@@H](O)[C@@H](O)c1cnn(-c2ccccc2)n1. The molecule has 0 aliphatic heterocycles. The zero-order valence-electron chi connectivity index (χ0n) is 10.2.